The number of carbonyl (C=O) groups is 1. The van der Waals surface area contributed by atoms with Crippen molar-refractivity contribution in [3.05, 3.63) is 72.4 Å². The van der Waals surface area contributed by atoms with Crippen LogP contribution in [0.4, 0.5) is 5.69 Å². The molecule has 118 valence electrons. The molecule has 0 aliphatic carbocycles. The van der Waals surface area contributed by atoms with E-state index in [4.69, 9.17) is 0 Å². The van der Waals surface area contributed by atoms with Crippen LogP contribution in [0.15, 0.2) is 71.8 Å². The number of anilines is 1. The Hall–Kier alpha value is -2.72. The van der Waals surface area contributed by atoms with E-state index in [1.54, 1.807) is 25.1 Å². The maximum Gasteiger partial charge on any atom is 0.161 e. The van der Waals surface area contributed by atoms with Crippen molar-refractivity contribution in [3.63, 3.8) is 0 Å². The van der Waals surface area contributed by atoms with E-state index in [2.05, 4.69) is 52.2 Å². The Morgan fingerprint density at radius 2 is 1.83 bits per heavy atom. The van der Waals surface area contributed by atoms with Crippen LogP contribution < -0.4 is 4.72 Å². The van der Waals surface area contributed by atoms with Crippen molar-refractivity contribution in [2.45, 2.75) is 11.8 Å². The van der Waals surface area contributed by atoms with E-state index < -0.39 is 0 Å². The highest BCUT2D eigenvalue weighted by atomic mass is 32.2. The maximum atomic E-state index is 11.6. The fourth-order valence-corrected chi connectivity index (χ4v) is 3.68. The normalized spacial score (nSPS) is 11.0. The third-order valence-electron chi connectivity index (χ3n) is 4.09. The number of hydrogen-bond acceptors (Lipinski definition) is 3. The fourth-order valence-electron chi connectivity index (χ4n) is 2.88. The van der Waals surface area contributed by atoms with Crippen molar-refractivity contribution in [3.8, 4) is 0 Å². The highest BCUT2D eigenvalue weighted by Gasteiger charge is 2.08. The Morgan fingerprint density at radius 1 is 1.00 bits per heavy atom. The van der Waals surface area contributed by atoms with Crippen molar-refractivity contribution < 1.29 is 4.79 Å². The monoisotopic (exact) mass is 332 g/mol. The van der Waals surface area contributed by atoms with Gasteiger partial charge in [-0.15, -0.1) is 0 Å². The molecule has 0 saturated heterocycles. The van der Waals surface area contributed by atoms with Gasteiger partial charge in [0.25, 0.3) is 0 Å². The molecule has 0 fully saturated rings. The summed E-state index contributed by atoms with van der Waals surface area (Å²) >= 11 is 1.59. The van der Waals surface area contributed by atoms with Crippen LogP contribution in [0, 0.1) is 0 Å². The van der Waals surface area contributed by atoms with E-state index in [1.807, 2.05) is 18.2 Å². The van der Waals surface area contributed by atoms with Crippen LogP contribution >= 0.6 is 11.9 Å². The van der Waals surface area contributed by atoms with Gasteiger partial charge < -0.3 is 9.71 Å². The molecule has 1 heterocycles. The van der Waals surface area contributed by atoms with Crippen LogP contribution in [0.5, 0.6) is 0 Å². The molecule has 0 unspecified atom stereocenters. The molecule has 24 heavy (non-hydrogen) atoms. The van der Waals surface area contributed by atoms with Gasteiger partial charge in [-0.05, 0) is 47.8 Å². The predicted octanol–water partition coefficient (Wildman–Crippen LogP) is 5.64. The summed E-state index contributed by atoms with van der Waals surface area (Å²) in [5.74, 6) is 0.0760. The van der Waals surface area contributed by atoms with Crippen LogP contribution in [0.2, 0.25) is 0 Å². The van der Waals surface area contributed by atoms with Crippen LogP contribution in [-0.4, -0.2) is 10.8 Å². The molecule has 0 bridgehead atoms. The molecule has 4 aromatic rings. The van der Waals surface area contributed by atoms with E-state index in [-0.39, 0.29) is 5.78 Å². The molecule has 0 atom stereocenters. The zero-order chi connectivity index (χ0) is 16.5. The topological polar surface area (TPSA) is 44.9 Å². The van der Waals surface area contributed by atoms with Gasteiger partial charge in [0.05, 0.1) is 0 Å². The Morgan fingerprint density at radius 3 is 2.71 bits per heavy atom. The number of ketones is 1. The Balaban J connectivity index is 1.61. The molecule has 4 rings (SSSR count). The number of nitrogens with one attached hydrogen (secondary N) is 2. The summed E-state index contributed by atoms with van der Waals surface area (Å²) in [7, 11) is 0. The lowest BCUT2D eigenvalue weighted by Crippen LogP contribution is -1.90. The highest BCUT2D eigenvalue weighted by Crippen LogP contribution is 2.30. The van der Waals surface area contributed by atoms with Gasteiger partial charge in [0, 0.05) is 33.2 Å². The number of fused-ring (bicyclic) bond motifs is 2. The van der Waals surface area contributed by atoms with Gasteiger partial charge in [0.2, 0.25) is 0 Å². The first-order valence-electron chi connectivity index (χ1n) is 7.75. The minimum Gasteiger partial charge on any atom is -0.360 e. The van der Waals surface area contributed by atoms with Crippen molar-refractivity contribution in [1.82, 2.24) is 4.98 Å². The van der Waals surface area contributed by atoms with Crippen molar-refractivity contribution in [2.75, 3.05) is 4.72 Å². The summed E-state index contributed by atoms with van der Waals surface area (Å²) in [6.07, 6.45) is 1.77. The standard InChI is InChI=1S/C20H16N2OS/c1-13(23)18-12-21-19-11-15(9-10-17(18)19)22-24-20-8-4-6-14-5-2-3-7-16(14)20/h2-12,21-22H,1H3. The second-order valence-corrected chi connectivity index (χ2v) is 6.55. The van der Waals surface area contributed by atoms with Gasteiger partial charge in [-0.2, -0.15) is 0 Å². The van der Waals surface area contributed by atoms with Crippen LogP contribution in [0.1, 0.15) is 17.3 Å². The Bertz CT molecular complexity index is 1050. The lowest BCUT2D eigenvalue weighted by atomic mass is 10.1. The van der Waals surface area contributed by atoms with Crippen molar-refractivity contribution in [2.24, 2.45) is 0 Å². The number of aromatic amines is 1. The molecular formula is C20H16N2OS. The number of benzene rings is 3. The molecule has 0 aliphatic rings. The van der Waals surface area contributed by atoms with Gasteiger partial charge in [0.15, 0.2) is 5.78 Å². The quantitative estimate of drug-likeness (QED) is 0.375. The fraction of sp³-hybridized carbons (Fsp3) is 0.0500. The van der Waals surface area contributed by atoms with Crippen molar-refractivity contribution in [1.29, 1.82) is 0 Å². The maximum absolute atomic E-state index is 11.6. The van der Waals surface area contributed by atoms with Crippen LogP contribution in [0.25, 0.3) is 21.7 Å². The van der Waals surface area contributed by atoms with Gasteiger partial charge in [-0.1, -0.05) is 42.5 Å². The lowest BCUT2D eigenvalue weighted by Gasteiger charge is -2.08. The molecule has 0 spiro atoms. The van der Waals surface area contributed by atoms with Crippen molar-refractivity contribution >= 4 is 45.1 Å². The summed E-state index contributed by atoms with van der Waals surface area (Å²) in [5.41, 5.74) is 2.69. The second kappa shape index (κ2) is 6.06. The van der Waals surface area contributed by atoms with E-state index in [0.29, 0.717) is 0 Å². The van der Waals surface area contributed by atoms with E-state index in [0.717, 1.165) is 22.2 Å². The molecule has 3 aromatic carbocycles. The molecule has 1 aromatic heterocycles. The smallest absolute Gasteiger partial charge is 0.161 e. The summed E-state index contributed by atoms with van der Waals surface area (Å²) in [5, 5.41) is 3.43. The average molecular weight is 332 g/mol. The number of Topliss-reactive ketones (excluding diaryl/α,β-unsaturated/α-hetero) is 1. The second-order valence-electron chi connectivity index (χ2n) is 5.70. The number of hydrogen-bond donors (Lipinski definition) is 2. The minimum atomic E-state index is 0.0760. The van der Waals surface area contributed by atoms with Crippen LogP contribution in [-0.2, 0) is 0 Å². The largest absolute Gasteiger partial charge is 0.360 e. The number of rotatable bonds is 4. The Labute approximate surface area is 144 Å². The predicted molar refractivity (Wildman–Crippen MR) is 102 cm³/mol. The van der Waals surface area contributed by atoms with Gasteiger partial charge in [-0.3, -0.25) is 4.79 Å². The first kappa shape index (κ1) is 14.8. The summed E-state index contributed by atoms with van der Waals surface area (Å²) in [6, 6.07) is 20.7. The Kier molecular flexibility index (Phi) is 3.75. The SMILES string of the molecule is CC(=O)c1c[nH]c2cc(NSc3cccc4ccccc34)ccc12. The lowest BCUT2D eigenvalue weighted by molar-refractivity contribution is 0.101. The van der Waals surface area contributed by atoms with Crippen LogP contribution in [0.3, 0.4) is 0 Å². The molecule has 0 aliphatic heterocycles. The third kappa shape index (κ3) is 2.65. The minimum absolute atomic E-state index is 0.0760. The molecule has 0 saturated carbocycles. The van der Waals surface area contributed by atoms with Gasteiger partial charge >= 0.3 is 0 Å². The number of carbonyl (C=O) groups excluding carboxylic acids is 1. The molecule has 0 amide bonds. The van der Waals surface area contributed by atoms with E-state index in [9.17, 15) is 4.79 Å². The summed E-state index contributed by atoms with van der Waals surface area (Å²) < 4.78 is 3.40. The molecule has 2 N–H and O–H groups in total. The van der Waals surface area contributed by atoms with E-state index >= 15 is 0 Å². The van der Waals surface area contributed by atoms with Gasteiger partial charge in [-0.25, -0.2) is 0 Å². The van der Waals surface area contributed by atoms with E-state index in [1.165, 1.54) is 15.7 Å². The molecule has 4 heteroatoms. The van der Waals surface area contributed by atoms with Gasteiger partial charge in [0.1, 0.15) is 0 Å². The third-order valence-corrected chi connectivity index (χ3v) is 5.00. The number of H-pyrrole nitrogens is 1. The number of aromatic nitrogens is 1. The summed E-state index contributed by atoms with van der Waals surface area (Å²) in [6.45, 7) is 1.59. The highest BCUT2D eigenvalue weighted by molar-refractivity contribution is 8.00. The molecular weight excluding hydrogens is 316 g/mol. The molecule has 0 radical (unpaired) electrons. The molecule has 3 nitrogen and oxygen atoms in total. The zero-order valence-corrected chi connectivity index (χ0v) is 14.0. The average Bonchev–Trinajstić information content (AvgIpc) is 3.03. The summed E-state index contributed by atoms with van der Waals surface area (Å²) in [4.78, 5) is 16.0. The first-order valence-corrected chi connectivity index (χ1v) is 8.57. The first-order chi connectivity index (χ1) is 11.7. The zero-order valence-electron chi connectivity index (χ0n) is 13.2.